The zero-order valence-corrected chi connectivity index (χ0v) is 15.6. The standard InChI is InChI=1S/C21H23F2N3O/c1-21(6-9-26(2)10-7-21)13-27-18-5-8-24-20-19(18)16(12-25-20)15-11-14(22)3-4-17(15)23/h3-5,8,11-12H,6-7,9-10,13H2,1-2H3,(H,24,25). The minimum absolute atomic E-state index is 0.0999. The fourth-order valence-electron chi connectivity index (χ4n) is 3.62. The first kappa shape index (κ1) is 17.9. The molecule has 4 rings (SSSR count). The third kappa shape index (κ3) is 3.54. The molecule has 0 unspecified atom stereocenters. The van der Waals surface area contributed by atoms with Crippen molar-refractivity contribution in [1.29, 1.82) is 0 Å². The van der Waals surface area contributed by atoms with Gasteiger partial charge in [0.15, 0.2) is 0 Å². The molecule has 1 N–H and O–H groups in total. The van der Waals surface area contributed by atoms with E-state index in [4.69, 9.17) is 4.74 Å². The van der Waals surface area contributed by atoms with Crippen LogP contribution in [-0.4, -0.2) is 41.6 Å². The highest BCUT2D eigenvalue weighted by Gasteiger charge is 2.30. The number of hydrogen-bond acceptors (Lipinski definition) is 3. The Kier molecular flexibility index (Phi) is 4.60. The van der Waals surface area contributed by atoms with Crippen molar-refractivity contribution >= 4 is 11.0 Å². The topological polar surface area (TPSA) is 41.1 Å². The van der Waals surface area contributed by atoms with Gasteiger partial charge in [0.05, 0.1) is 12.0 Å². The number of benzene rings is 1. The van der Waals surface area contributed by atoms with Crippen LogP contribution in [0, 0.1) is 17.0 Å². The van der Waals surface area contributed by atoms with Gasteiger partial charge < -0.3 is 14.6 Å². The van der Waals surface area contributed by atoms with Crippen molar-refractivity contribution in [3.63, 3.8) is 0 Å². The van der Waals surface area contributed by atoms with Crippen LogP contribution in [0.15, 0.2) is 36.7 Å². The molecule has 0 aliphatic carbocycles. The van der Waals surface area contributed by atoms with Crippen molar-refractivity contribution in [2.75, 3.05) is 26.7 Å². The van der Waals surface area contributed by atoms with Crippen molar-refractivity contribution in [2.45, 2.75) is 19.8 Å². The first-order valence-electron chi connectivity index (χ1n) is 9.18. The van der Waals surface area contributed by atoms with Crippen molar-refractivity contribution in [3.8, 4) is 16.9 Å². The smallest absolute Gasteiger partial charge is 0.141 e. The van der Waals surface area contributed by atoms with E-state index in [9.17, 15) is 8.78 Å². The van der Waals surface area contributed by atoms with Gasteiger partial charge >= 0.3 is 0 Å². The third-order valence-electron chi connectivity index (χ3n) is 5.52. The second-order valence-corrected chi connectivity index (χ2v) is 7.76. The summed E-state index contributed by atoms with van der Waals surface area (Å²) in [5, 5.41) is 0.679. The van der Waals surface area contributed by atoms with Gasteiger partial charge in [0, 0.05) is 28.9 Å². The van der Waals surface area contributed by atoms with E-state index in [0.717, 1.165) is 38.1 Å². The second kappa shape index (κ2) is 6.93. The van der Waals surface area contributed by atoms with Crippen LogP contribution in [-0.2, 0) is 0 Å². The molecule has 4 nitrogen and oxygen atoms in total. The molecular weight excluding hydrogens is 348 g/mol. The Bertz CT molecular complexity index is 961. The van der Waals surface area contributed by atoms with E-state index in [1.54, 1.807) is 18.5 Å². The number of pyridine rings is 1. The van der Waals surface area contributed by atoms with Crippen LogP contribution >= 0.6 is 0 Å². The van der Waals surface area contributed by atoms with Crippen molar-refractivity contribution in [2.24, 2.45) is 5.41 Å². The van der Waals surface area contributed by atoms with Crippen LogP contribution < -0.4 is 4.74 Å². The number of H-pyrrole nitrogens is 1. The van der Waals surface area contributed by atoms with Gasteiger partial charge in [-0.3, -0.25) is 0 Å². The maximum absolute atomic E-state index is 14.3. The summed E-state index contributed by atoms with van der Waals surface area (Å²) >= 11 is 0. The van der Waals surface area contributed by atoms with E-state index in [1.165, 1.54) is 6.07 Å². The predicted octanol–water partition coefficient (Wildman–Crippen LogP) is 4.62. The van der Waals surface area contributed by atoms with Gasteiger partial charge in [-0.05, 0) is 57.2 Å². The van der Waals surface area contributed by atoms with Crippen LogP contribution in [0.5, 0.6) is 5.75 Å². The first-order chi connectivity index (χ1) is 13.0. The SMILES string of the molecule is CN1CCC(C)(COc2ccnc3[nH]cc(-c4cc(F)ccc4F)c23)CC1. The van der Waals surface area contributed by atoms with Gasteiger partial charge in [0.1, 0.15) is 23.0 Å². The van der Waals surface area contributed by atoms with Crippen LogP contribution in [0.3, 0.4) is 0 Å². The number of piperidine rings is 1. The monoisotopic (exact) mass is 371 g/mol. The molecule has 1 aliphatic rings. The van der Waals surface area contributed by atoms with Gasteiger partial charge in [-0.2, -0.15) is 0 Å². The molecule has 1 fully saturated rings. The fraction of sp³-hybridized carbons (Fsp3) is 0.381. The van der Waals surface area contributed by atoms with Crippen molar-refractivity contribution in [1.82, 2.24) is 14.9 Å². The average Bonchev–Trinajstić information content (AvgIpc) is 3.09. The van der Waals surface area contributed by atoms with E-state index in [2.05, 4.69) is 28.8 Å². The van der Waals surface area contributed by atoms with E-state index in [1.807, 2.05) is 0 Å². The summed E-state index contributed by atoms with van der Waals surface area (Å²) in [6.45, 7) is 4.92. The zero-order valence-electron chi connectivity index (χ0n) is 15.6. The Labute approximate surface area is 157 Å². The molecular formula is C21H23F2N3O. The molecule has 0 radical (unpaired) electrons. The van der Waals surface area contributed by atoms with E-state index in [-0.39, 0.29) is 11.0 Å². The highest BCUT2D eigenvalue weighted by Crippen LogP contribution is 2.37. The number of nitrogens with one attached hydrogen (secondary N) is 1. The molecule has 6 heteroatoms. The second-order valence-electron chi connectivity index (χ2n) is 7.76. The Balaban J connectivity index is 1.68. The lowest BCUT2D eigenvalue weighted by atomic mass is 9.81. The summed E-state index contributed by atoms with van der Waals surface area (Å²) in [6.07, 6.45) is 5.45. The van der Waals surface area contributed by atoms with E-state index in [0.29, 0.717) is 29.0 Å². The molecule has 0 spiro atoms. The minimum atomic E-state index is -0.481. The largest absolute Gasteiger partial charge is 0.492 e. The molecule has 27 heavy (non-hydrogen) atoms. The van der Waals surface area contributed by atoms with Gasteiger partial charge in [-0.25, -0.2) is 13.8 Å². The quantitative estimate of drug-likeness (QED) is 0.728. The summed E-state index contributed by atoms with van der Waals surface area (Å²) in [4.78, 5) is 9.67. The molecule has 0 amide bonds. The van der Waals surface area contributed by atoms with Crippen LogP contribution in [0.1, 0.15) is 19.8 Å². The molecule has 3 heterocycles. The van der Waals surface area contributed by atoms with E-state index < -0.39 is 11.6 Å². The number of aromatic nitrogens is 2. The van der Waals surface area contributed by atoms with Gasteiger partial charge in [0.25, 0.3) is 0 Å². The van der Waals surface area contributed by atoms with Gasteiger partial charge in [-0.1, -0.05) is 6.92 Å². The Morgan fingerprint density at radius 1 is 1.19 bits per heavy atom. The van der Waals surface area contributed by atoms with Crippen molar-refractivity contribution in [3.05, 3.63) is 48.3 Å². The Morgan fingerprint density at radius 3 is 2.74 bits per heavy atom. The summed E-state index contributed by atoms with van der Waals surface area (Å²) in [7, 11) is 2.13. The Morgan fingerprint density at radius 2 is 1.96 bits per heavy atom. The third-order valence-corrected chi connectivity index (χ3v) is 5.52. The predicted molar refractivity (Wildman–Crippen MR) is 102 cm³/mol. The van der Waals surface area contributed by atoms with Crippen LogP contribution in [0.2, 0.25) is 0 Å². The number of likely N-dealkylation sites (tertiary alicyclic amines) is 1. The number of aromatic amines is 1. The number of hydrogen-bond donors (Lipinski definition) is 1. The molecule has 1 aromatic carbocycles. The zero-order chi connectivity index (χ0) is 19.0. The molecule has 0 bridgehead atoms. The summed E-state index contributed by atoms with van der Waals surface area (Å²) in [5.74, 6) is -0.319. The summed E-state index contributed by atoms with van der Waals surface area (Å²) < 4.78 is 34.2. The van der Waals surface area contributed by atoms with Gasteiger partial charge in [-0.15, -0.1) is 0 Å². The van der Waals surface area contributed by atoms with Gasteiger partial charge in [0.2, 0.25) is 0 Å². The summed E-state index contributed by atoms with van der Waals surface area (Å²) in [6, 6.07) is 5.24. The highest BCUT2D eigenvalue weighted by atomic mass is 19.1. The van der Waals surface area contributed by atoms with Crippen molar-refractivity contribution < 1.29 is 13.5 Å². The molecule has 3 aromatic rings. The lowest BCUT2D eigenvalue weighted by Gasteiger charge is -2.37. The number of fused-ring (bicyclic) bond motifs is 1. The summed E-state index contributed by atoms with van der Waals surface area (Å²) in [5.41, 5.74) is 1.45. The normalized spacial score (nSPS) is 17.3. The fourth-order valence-corrected chi connectivity index (χ4v) is 3.62. The first-order valence-corrected chi connectivity index (χ1v) is 9.18. The molecule has 1 aliphatic heterocycles. The number of ether oxygens (including phenoxy) is 1. The maximum atomic E-state index is 14.3. The number of nitrogens with zero attached hydrogens (tertiary/aromatic N) is 2. The van der Waals surface area contributed by atoms with Crippen LogP contribution in [0.25, 0.3) is 22.2 Å². The minimum Gasteiger partial charge on any atom is -0.492 e. The van der Waals surface area contributed by atoms with E-state index >= 15 is 0 Å². The Hall–Kier alpha value is -2.47. The lowest BCUT2D eigenvalue weighted by molar-refractivity contribution is 0.0810. The molecule has 142 valence electrons. The molecule has 0 saturated carbocycles. The number of rotatable bonds is 4. The molecule has 2 aromatic heterocycles. The highest BCUT2D eigenvalue weighted by molar-refractivity contribution is 5.98. The molecule has 0 atom stereocenters. The molecule has 1 saturated heterocycles. The number of halogens is 2. The average molecular weight is 371 g/mol. The maximum Gasteiger partial charge on any atom is 0.141 e. The van der Waals surface area contributed by atoms with Crippen LogP contribution in [0.4, 0.5) is 8.78 Å². The lowest BCUT2D eigenvalue weighted by Crippen LogP contribution is -2.39.